The molecule has 0 radical (unpaired) electrons. The van der Waals surface area contributed by atoms with Gasteiger partial charge in [-0.3, -0.25) is 9.11 Å². The number of hydrogen-bond acceptors (Lipinski definition) is 4. The predicted molar refractivity (Wildman–Crippen MR) is 72.5 cm³/mol. The summed E-state index contributed by atoms with van der Waals surface area (Å²) in [7, 11) is 0.913. The fourth-order valence-corrected chi connectivity index (χ4v) is 3.32. The maximum Gasteiger partial charge on any atom is 0.124 e. The van der Waals surface area contributed by atoms with Crippen LogP contribution in [0.15, 0.2) is 18.2 Å². The number of nitrogens with zero attached hydrogens (tertiary/aromatic N) is 1. The summed E-state index contributed by atoms with van der Waals surface area (Å²) in [6.07, 6.45) is 0. The lowest BCUT2D eigenvalue weighted by Gasteiger charge is -2.32. The van der Waals surface area contributed by atoms with Gasteiger partial charge in [0.15, 0.2) is 0 Å². The van der Waals surface area contributed by atoms with E-state index in [4.69, 9.17) is 4.74 Å². The molecule has 0 saturated carbocycles. The van der Waals surface area contributed by atoms with Crippen LogP contribution < -0.4 is 4.74 Å². The smallest absolute Gasteiger partial charge is 0.124 e. The second-order valence-electron chi connectivity index (χ2n) is 4.48. The van der Waals surface area contributed by atoms with Gasteiger partial charge in [0.25, 0.3) is 0 Å². The van der Waals surface area contributed by atoms with Gasteiger partial charge in [-0.15, -0.1) is 0 Å². The first kappa shape index (κ1) is 13.4. The third-order valence-corrected chi connectivity index (χ3v) is 4.72. The highest BCUT2D eigenvalue weighted by molar-refractivity contribution is 7.85. The van der Waals surface area contributed by atoms with Crippen LogP contribution in [-0.4, -0.2) is 45.9 Å². The molecule has 1 aliphatic rings. The van der Waals surface area contributed by atoms with Gasteiger partial charge >= 0.3 is 0 Å². The summed E-state index contributed by atoms with van der Waals surface area (Å²) in [5.74, 6) is 2.36. The summed E-state index contributed by atoms with van der Waals surface area (Å²) in [6, 6.07) is 5.51. The molecule has 1 heterocycles. The second-order valence-corrected chi connectivity index (χ2v) is 6.18. The van der Waals surface area contributed by atoms with E-state index >= 15 is 0 Å². The molecule has 100 valence electrons. The van der Waals surface area contributed by atoms with Gasteiger partial charge in [-0.05, 0) is 13.0 Å². The average Bonchev–Trinajstić information content (AvgIpc) is 2.38. The Morgan fingerprint density at radius 2 is 2.06 bits per heavy atom. The topological polar surface area (TPSA) is 49.8 Å². The van der Waals surface area contributed by atoms with Gasteiger partial charge in [-0.2, -0.15) is 0 Å². The van der Waals surface area contributed by atoms with Gasteiger partial charge in [-0.1, -0.05) is 6.07 Å². The van der Waals surface area contributed by atoms with Crippen LogP contribution in [0.1, 0.15) is 18.5 Å². The van der Waals surface area contributed by atoms with Crippen LogP contribution in [0.25, 0.3) is 0 Å². The third kappa shape index (κ3) is 2.84. The van der Waals surface area contributed by atoms with Crippen LogP contribution in [-0.2, 0) is 10.8 Å². The average molecular weight is 269 g/mol. The summed E-state index contributed by atoms with van der Waals surface area (Å²) < 4.78 is 16.4. The molecule has 1 aromatic rings. The second kappa shape index (κ2) is 5.71. The van der Waals surface area contributed by atoms with E-state index in [1.54, 1.807) is 13.2 Å². The van der Waals surface area contributed by atoms with E-state index in [1.165, 1.54) is 0 Å². The zero-order chi connectivity index (χ0) is 13.1. The number of rotatable bonds is 3. The minimum Gasteiger partial charge on any atom is -0.507 e. The first-order valence-corrected chi connectivity index (χ1v) is 7.56. The molecule has 5 heteroatoms. The minimum atomic E-state index is -0.668. The molecule has 0 spiro atoms. The van der Waals surface area contributed by atoms with Gasteiger partial charge in [0.2, 0.25) is 0 Å². The number of aromatic hydroxyl groups is 1. The van der Waals surface area contributed by atoms with Crippen molar-refractivity contribution in [2.45, 2.75) is 13.0 Å². The van der Waals surface area contributed by atoms with Gasteiger partial charge in [-0.25, -0.2) is 0 Å². The van der Waals surface area contributed by atoms with Crippen molar-refractivity contribution in [3.63, 3.8) is 0 Å². The SMILES string of the molecule is COc1ccc(C(C)N2CCS(=O)CC2)c(O)c1. The maximum absolute atomic E-state index is 11.3. The molecule has 1 unspecified atom stereocenters. The molecule has 0 amide bonds. The molecule has 1 fully saturated rings. The Hall–Kier alpha value is -1.07. The summed E-state index contributed by atoms with van der Waals surface area (Å²) in [5, 5.41) is 10.0. The predicted octanol–water partition coefficient (Wildman–Crippen LogP) is 1.53. The molecule has 0 bridgehead atoms. The highest BCUT2D eigenvalue weighted by Crippen LogP contribution is 2.31. The Bertz CT molecular complexity index is 440. The number of methoxy groups -OCH3 is 1. The van der Waals surface area contributed by atoms with Crippen LogP contribution in [0.3, 0.4) is 0 Å². The van der Waals surface area contributed by atoms with Gasteiger partial charge in [0.05, 0.1) is 7.11 Å². The van der Waals surface area contributed by atoms with E-state index in [2.05, 4.69) is 11.8 Å². The number of hydrogen-bond donors (Lipinski definition) is 1. The van der Waals surface area contributed by atoms with E-state index in [-0.39, 0.29) is 11.8 Å². The molecular formula is C13H19NO3S. The van der Waals surface area contributed by atoms with Crippen molar-refractivity contribution in [3.8, 4) is 11.5 Å². The normalized spacial score (nSPS) is 19.7. The van der Waals surface area contributed by atoms with Gasteiger partial charge in [0.1, 0.15) is 11.5 Å². The lowest BCUT2D eigenvalue weighted by Crippen LogP contribution is -2.39. The van der Waals surface area contributed by atoms with Crippen LogP contribution in [0.5, 0.6) is 11.5 Å². The van der Waals surface area contributed by atoms with Crippen molar-refractivity contribution in [1.29, 1.82) is 0 Å². The molecular weight excluding hydrogens is 250 g/mol. The number of phenolic OH excluding ortho intramolecular Hbond substituents is 1. The summed E-state index contributed by atoms with van der Waals surface area (Å²) >= 11 is 0. The molecule has 1 N–H and O–H groups in total. The Kier molecular flexibility index (Phi) is 4.24. The van der Waals surface area contributed by atoms with Crippen molar-refractivity contribution in [3.05, 3.63) is 23.8 Å². The van der Waals surface area contributed by atoms with E-state index in [0.29, 0.717) is 5.75 Å². The first-order chi connectivity index (χ1) is 8.61. The molecule has 18 heavy (non-hydrogen) atoms. The fourth-order valence-electron chi connectivity index (χ4n) is 2.24. The number of phenols is 1. The fraction of sp³-hybridized carbons (Fsp3) is 0.538. The van der Waals surface area contributed by atoms with E-state index in [9.17, 15) is 9.32 Å². The Morgan fingerprint density at radius 1 is 1.39 bits per heavy atom. The molecule has 1 aromatic carbocycles. The summed E-state index contributed by atoms with van der Waals surface area (Å²) in [5.41, 5.74) is 0.892. The molecule has 4 nitrogen and oxygen atoms in total. The van der Waals surface area contributed by atoms with Crippen LogP contribution >= 0.6 is 0 Å². The standard InChI is InChI=1S/C13H19NO3S/c1-10(14-5-7-18(16)8-6-14)12-4-3-11(17-2)9-13(12)15/h3-4,9-10,15H,5-8H2,1-2H3. The van der Waals surface area contributed by atoms with Crippen LogP contribution in [0.4, 0.5) is 0 Å². The van der Waals surface area contributed by atoms with Crippen molar-refractivity contribution >= 4 is 10.8 Å². The largest absolute Gasteiger partial charge is 0.507 e. The quantitative estimate of drug-likeness (QED) is 0.904. The Labute approximate surface area is 110 Å². The first-order valence-electron chi connectivity index (χ1n) is 6.07. The highest BCUT2D eigenvalue weighted by atomic mass is 32.2. The monoisotopic (exact) mass is 269 g/mol. The summed E-state index contributed by atoms with van der Waals surface area (Å²) in [4.78, 5) is 2.25. The molecule has 0 aromatic heterocycles. The Morgan fingerprint density at radius 3 is 2.61 bits per heavy atom. The van der Waals surface area contributed by atoms with Crippen molar-refractivity contribution in [2.75, 3.05) is 31.7 Å². The lowest BCUT2D eigenvalue weighted by atomic mass is 10.1. The van der Waals surface area contributed by atoms with Gasteiger partial charge in [0, 0.05) is 53.1 Å². The number of ether oxygens (including phenoxy) is 1. The van der Waals surface area contributed by atoms with E-state index in [0.717, 1.165) is 30.2 Å². The van der Waals surface area contributed by atoms with Crippen molar-refractivity contribution in [2.24, 2.45) is 0 Å². The molecule has 1 aliphatic heterocycles. The van der Waals surface area contributed by atoms with Crippen molar-refractivity contribution in [1.82, 2.24) is 4.90 Å². The highest BCUT2D eigenvalue weighted by Gasteiger charge is 2.23. The zero-order valence-corrected chi connectivity index (χ0v) is 11.6. The number of benzene rings is 1. The zero-order valence-electron chi connectivity index (χ0n) is 10.8. The molecule has 0 aliphatic carbocycles. The van der Waals surface area contributed by atoms with Gasteiger partial charge < -0.3 is 9.84 Å². The van der Waals surface area contributed by atoms with Crippen molar-refractivity contribution < 1.29 is 14.1 Å². The van der Waals surface area contributed by atoms with E-state index < -0.39 is 10.8 Å². The van der Waals surface area contributed by atoms with E-state index in [1.807, 2.05) is 12.1 Å². The van der Waals surface area contributed by atoms with Crippen LogP contribution in [0, 0.1) is 0 Å². The third-order valence-electron chi connectivity index (χ3n) is 3.45. The molecule has 1 saturated heterocycles. The maximum atomic E-state index is 11.3. The lowest BCUT2D eigenvalue weighted by molar-refractivity contribution is 0.227. The van der Waals surface area contributed by atoms with Crippen LogP contribution in [0.2, 0.25) is 0 Å². The molecule has 1 atom stereocenters. The Balaban J connectivity index is 2.13. The summed E-state index contributed by atoms with van der Waals surface area (Å²) in [6.45, 7) is 3.70. The molecule has 2 rings (SSSR count). The minimum absolute atomic E-state index is 0.133.